The van der Waals surface area contributed by atoms with Crippen LogP contribution in [0.5, 0.6) is 5.75 Å². The number of unbranched alkanes of at least 4 members (excludes halogenated alkanes) is 4. The SMILES string of the molecule is Cn1c(=O)c(NC(=O)c2ccc(OCCCCCCC[P+](c3ccccc3)(c3ccccc3)c3ccccc3)cc2)cc2cc(Br)ccc21. The molecular formula is C42H41BrN2O3P+. The normalized spacial score (nSPS) is 11.4. The summed E-state index contributed by atoms with van der Waals surface area (Å²) < 4.78 is 8.45. The van der Waals surface area contributed by atoms with Crippen LogP contribution in [0, 0.1) is 0 Å². The van der Waals surface area contributed by atoms with Crippen LogP contribution >= 0.6 is 23.2 Å². The predicted octanol–water partition coefficient (Wildman–Crippen LogP) is 8.88. The molecule has 0 unspecified atom stereocenters. The lowest BCUT2D eigenvalue weighted by atomic mass is 10.1. The van der Waals surface area contributed by atoms with Crippen molar-refractivity contribution < 1.29 is 9.53 Å². The average Bonchev–Trinajstić information content (AvgIpc) is 3.14. The minimum Gasteiger partial charge on any atom is -0.494 e. The molecule has 1 aromatic heterocycles. The number of halogens is 1. The smallest absolute Gasteiger partial charge is 0.274 e. The van der Waals surface area contributed by atoms with Crippen LogP contribution in [-0.2, 0) is 7.05 Å². The molecule has 5 nitrogen and oxygen atoms in total. The van der Waals surface area contributed by atoms with Gasteiger partial charge in [0.25, 0.3) is 11.5 Å². The van der Waals surface area contributed by atoms with E-state index in [1.165, 1.54) is 28.8 Å². The fourth-order valence-electron chi connectivity index (χ4n) is 6.49. The highest BCUT2D eigenvalue weighted by Gasteiger charge is 2.44. The Hall–Kier alpha value is -4.51. The number of carbonyl (C=O) groups excluding carboxylic acids is 1. The molecule has 0 aliphatic heterocycles. The molecule has 49 heavy (non-hydrogen) atoms. The molecule has 6 rings (SSSR count). The van der Waals surface area contributed by atoms with Gasteiger partial charge in [-0.05, 0) is 104 Å². The van der Waals surface area contributed by atoms with E-state index < -0.39 is 7.26 Å². The summed E-state index contributed by atoms with van der Waals surface area (Å²) in [4.78, 5) is 25.8. The number of aryl methyl sites for hydroxylation is 1. The van der Waals surface area contributed by atoms with Gasteiger partial charge in [-0.25, -0.2) is 0 Å². The molecular weight excluding hydrogens is 691 g/mol. The van der Waals surface area contributed by atoms with Gasteiger partial charge in [-0.2, -0.15) is 0 Å². The number of nitrogens with zero attached hydrogens (tertiary/aromatic N) is 1. The monoisotopic (exact) mass is 731 g/mol. The highest BCUT2D eigenvalue weighted by molar-refractivity contribution is 9.10. The molecule has 0 fully saturated rings. The Morgan fingerprint density at radius 3 is 1.84 bits per heavy atom. The highest BCUT2D eigenvalue weighted by atomic mass is 79.9. The van der Waals surface area contributed by atoms with Crippen LogP contribution in [0.15, 0.2) is 149 Å². The van der Waals surface area contributed by atoms with Crippen LogP contribution in [0.2, 0.25) is 0 Å². The average molecular weight is 733 g/mol. The van der Waals surface area contributed by atoms with Gasteiger partial charge in [0.05, 0.1) is 18.3 Å². The van der Waals surface area contributed by atoms with Gasteiger partial charge in [-0.15, -0.1) is 0 Å². The molecule has 0 bridgehead atoms. The van der Waals surface area contributed by atoms with Gasteiger partial charge >= 0.3 is 0 Å². The molecule has 248 valence electrons. The Morgan fingerprint density at radius 1 is 0.694 bits per heavy atom. The van der Waals surface area contributed by atoms with Crippen molar-refractivity contribution in [2.75, 3.05) is 18.1 Å². The van der Waals surface area contributed by atoms with Crippen LogP contribution < -0.4 is 31.5 Å². The van der Waals surface area contributed by atoms with E-state index >= 15 is 0 Å². The van der Waals surface area contributed by atoms with E-state index in [1.807, 2.05) is 30.3 Å². The maximum atomic E-state index is 13.0. The van der Waals surface area contributed by atoms with Crippen molar-refractivity contribution >= 4 is 61.6 Å². The molecule has 0 saturated carbocycles. The maximum Gasteiger partial charge on any atom is 0.274 e. The number of hydrogen-bond donors (Lipinski definition) is 1. The molecule has 0 atom stereocenters. The lowest BCUT2D eigenvalue weighted by molar-refractivity contribution is 0.102. The van der Waals surface area contributed by atoms with Gasteiger partial charge in [-0.1, -0.05) is 83.4 Å². The van der Waals surface area contributed by atoms with Gasteiger partial charge in [0.2, 0.25) is 0 Å². The number of anilines is 1. The number of aromatic nitrogens is 1. The van der Waals surface area contributed by atoms with E-state index in [4.69, 9.17) is 4.74 Å². The summed E-state index contributed by atoms with van der Waals surface area (Å²) in [6.45, 7) is 0.628. The number of fused-ring (bicyclic) bond motifs is 1. The van der Waals surface area contributed by atoms with E-state index in [9.17, 15) is 9.59 Å². The molecule has 0 aliphatic rings. The minimum absolute atomic E-state index is 0.242. The summed E-state index contributed by atoms with van der Waals surface area (Å²) in [5, 5.41) is 7.96. The Bertz CT molecular complexity index is 1950. The van der Waals surface area contributed by atoms with E-state index in [1.54, 1.807) is 29.8 Å². The van der Waals surface area contributed by atoms with Crippen LogP contribution in [-0.4, -0.2) is 23.2 Å². The number of amides is 1. The van der Waals surface area contributed by atoms with Gasteiger partial charge in [0.1, 0.15) is 34.6 Å². The Balaban J connectivity index is 0.991. The number of carbonyl (C=O) groups is 1. The number of ether oxygens (including phenoxy) is 1. The summed E-state index contributed by atoms with van der Waals surface area (Å²) in [6, 6.07) is 47.8. The molecule has 1 amide bonds. The van der Waals surface area contributed by atoms with E-state index in [0.29, 0.717) is 12.2 Å². The molecule has 7 heteroatoms. The molecule has 0 radical (unpaired) electrons. The summed E-state index contributed by atoms with van der Waals surface area (Å²) in [6.07, 6.45) is 6.72. The van der Waals surface area contributed by atoms with Crippen molar-refractivity contribution in [1.29, 1.82) is 0 Å². The van der Waals surface area contributed by atoms with E-state index in [0.717, 1.165) is 46.5 Å². The van der Waals surface area contributed by atoms with Crippen LogP contribution in [0.3, 0.4) is 0 Å². The molecule has 1 N–H and O–H groups in total. The van der Waals surface area contributed by atoms with Gasteiger partial charge in [0, 0.05) is 22.5 Å². The summed E-state index contributed by atoms with van der Waals surface area (Å²) >= 11 is 3.47. The van der Waals surface area contributed by atoms with Gasteiger partial charge in [0.15, 0.2) is 0 Å². The fraction of sp³-hybridized carbons (Fsp3) is 0.190. The van der Waals surface area contributed by atoms with Crippen molar-refractivity contribution in [1.82, 2.24) is 4.57 Å². The zero-order valence-corrected chi connectivity index (χ0v) is 30.2. The predicted molar refractivity (Wildman–Crippen MR) is 210 cm³/mol. The third-order valence-corrected chi connectivity index (χ3v) is 14.1. The fourth-order valence-corrected chi connectivity index (χ4v) is 11.3. The van der Waals surface area contributed by atoms with Crippen molar-refractivity contribution in [2.45, 2.75) is 32.1 Å². The first-order chi connectivity index (χ1) is 24.0. The van der Waals surface area contributed by atoms with Crippen LogP contribution in [0.25, 0.3) is 10.9 Å². The number of rotatable bonds is 14. The molecule has 6 aromatic rings. The van der Waals surface area contributed by atoms with Crippen molar-refractivity contribution in [3.8, 4) is 5.75 Å². The van der Waals surface area contributed by atoms with Gasteiger partial charge in [-0.3, -0.25) is 9.59 Å². The number of nitrogens with one attached hydrogen (secondary N) is 1. The van der Waals surface area contributed by atoms with E-state index in [2.05, 4.69) is 112 Å². The quantitative estimate of drug-likeness (QED) is 0.0900. The van der Waals surface area contributed by atoms with Crippen LogP contribution in [0.1, 0.15) is 42.5 Å². The number of benzene rings is 5. The second kappa shape index (κ2) is 16.3. The molecule has 0 aliphatic carbocycles. The Kier molecular flexibility index (Phi) is 11.4. The second-order valence-electron chi connectivity index (χ2n) is 12.3. The van der Waals surface area contributed by atoms with Gasteiger partial charge < -0.3 is 14.6 Å². The Morgan fingerprint density at radius 2 is 1.24 bits per heavy atom. The van der Waals surface area contributed by atoms with Crippen molar-refractivity contribution in [3.63, 3.8) is 0 Å². The first-order valence-corrected chi connectivity index (χ1v) is 19.6. The first-order valence-electron chi connectivity index (χ1n) is 16.8. The third kappa shape index (κ3) is 8.04. The Labute approximate surface area is 297 Å². The van der Waals surface area contributed by atoms with Crippen LogP contribution in [0.4, 0.5) is 5.69 Å². The molecule has 1 heterocycles. The number of pyridine rings is 1. The largest absolute Gasteiger partial charge is 0.494 e. The third-order valence-electron chi connectivity index (χ3n) is 9.05. The molecule has 5 aromatic carbocycles. The standard InChI is InChI=1S/C42H40BrN2O3P/c1-45-40-27-24-34(43)30-33(40)31-39(42(45)47)44-41(46)32-22-25-35(26-23-32)48-28-14-3-2-4-15-29-49(36-16-8-5-9-17-36,37-18-10-6-11-19-37)38-20-12-7-13-21-38/h5-13,16-27,30-31H,2-4,14-15,28-29H2,1H3/p+1. The van der Waals surface area contributed by atoms with Crippen molar-refractivity contribution in [3.05, 3.63) is 160 Å². The topological polar surface area (TPSA) is 60.3 Å². The van der Waals surface area contributed by atoms with Crippen molar-refractivity contribution in [2.24, 2.45) is 7.05 Å². The zero-order chi connectivity index (χ0) is 34.1. The van der Waals surface area contributed by atoms with E-state index in [-0.39, 0.29) is 17.2 Å². The lowest BCUT2D eigenvalue weighted by Gasteiger charge is -2.27. The lowest BCUT2D eigenvalue weighted by Crippen LogP contribution is -2.33. The maximum absolute atomic E-state index is 13.0. The summed E-state index contributed by atoms with van der Waals surface area (Å²) in [5.41, 5.74) is 1.24. The second-order valence-corrected chi connectivity index (χ2v) is 16.8. The number of hydrogen-bond acceptors (Lipinski definition) is 3. The molecule has 0 spiro atoms. The minimum atomic E-state index is -1.77. The summed E-state index contributed by atoms with van der Waals surface area (Å²) in [5.74, 6) is 0.391. The molecule has 0 saturated heterocycles. The summed E-state index contributed by atoms with van der Waals surface area (Å²) in [7, 11) is -0.0697. The zero-order valence-electron chi connectivity index (χ0n) is 27.7. The highest BCUT2D eigenvalue weighted by Crippen LogP contribution is 2.56. The first kappa shape index (κ1) is 34.4.